The molecule has 1 aromatic rings. The van der Waals surface area contributed by atoms with Gasteiger partial charge in [0.15, 0.2) is 11.5 Å². The number of benzene rings is 1. The second-order valence-corrected chi connectivity index (χ2v) is 5.74. The van der Waals surface area contributed by atoms with E-state index in [1.54, 1.807) is 18.2 Å². The number of phenols is 1. The molecule has 1 aliphatic rings. The second kappa shape index (κ2) is 8.44. The molecule has 0 radical (unpaired) electrons. The first-order chi connectivity index (χ1) is 11.1. The van der Waals surface area contributed by atoms with Gasteiger partial charge in [-0.1, -0.05) is 24.3 Å². The topological polar surface area (TPSA) is 69.9 Å². The van der Waals surface area contributed by atoms with Gasteiger partial charge in [0.2, 0.25) is 0 Å². The lowest BCUT2D eigenvalue weighted by molar-refractivity contribution is 0.209. The maximum Gasteiger partial charge on any atom is 0.160 e. The van der Waals surface area contributed by atoms with Crippen molar-refractivity contribution >= 4 is 0 Å². The van der Waals surface area contributed by atoms with Crippen molar-refractivity contribution in [3.63, 3.8) is 0 Å². The number of hydrogen-bond acceptors (Lipinski definition) is 4. The average Bonchev–Trinajstić information content (AvgIpc) is 2.56. The van der Waals surface area contributed by atoms with Gasteiger partial charge in [0.25, 0.3) is 0 Å². The van der Waals surface area contributed by atoms with E-state index in [1.165, 1.54) is 7.11 Å². The summed E-state index contributed by atoms with van der Waals surface area (Å²) in [7, 11) is 1.53. The molecule has 0 heterocycles. The highest BCUT2D eigenvalue weighted by Gasteiger charge is 2.07. The molecule has 2 rings (SSSR count). The van der Waals surface area contributed by atoms with E-state index in [4.69, 9.17) is 4.74 Å². The van der Waals surface area contributed by atoms with E-state index in [1.807, 2.05) is 30.4 Å². The Morgan fingerprint density at radius 1 is 1.35 bits per heavy atom. The Bertz CT molecular complexity index is 601. The molecular weight excluding hydrogens is 292 g/mol. The van der Waals surface area contributed by atoms with Gasteiger partial charge < -0.3 is 20.1 Å². The Morgan fingerprint density at radius 3 is 2.87 bits per heavy atom. The highest BCUT2D eigenvalue weighted by Crippen LogP contribution is 2.27. The number of phenolic OH excluding ortho intramolecular Hbond substituents is 1. The fraction of sp³-hybridized carbons (Fsp3) is 0.368. The minimum atomic E-state index is -0.470. The van der Waals surface area contributed by atoms with Crippen LogP contribution in [0, 0.1) is 5.92 Å². The molecular formula is C19H24O4. The molecule has 4 nitrogen and oxygen atoms in total. The molecule has 0 spiro atoms. The van der Waals surface area contributed by atoms with Crippen molar-refractivity contribution in [3.8, 4) is 11.5 Å². The molecule has 0 bridgehead atoms. The van der Waals surface area contributed by atoms with Crippen LogP contribution in [0.5, 0.6) is 11.5 Å². The Labute approximate surface area is 137 Å². The van der Waals surface area contributed by atoms with Crippen LogP contribution in [-0.4, -0.2) is 28.5 Å². The van der Waals surface area contributed by atoms with Crippen molar-refractivity contribution in [3.05, 3.63) is 59.9 Å². The third-order valence-electron chi connectivity index (χ3n) is 3.90. The summed E-state index contributed by atoms with van der Waals surface area (Å²) in [5.41, 5.74) is 1.08. The van der Waals surface area contributed by atoms with Gasteiger partial charge >= 0.3 is 0 Å². The summed E-state index contributed by atoms with van der Waals surface area (Å²) in [6, 6.07) is 5.32. The lowest BCUT2D eigenvalue weighted by Gasteiger charge is -2.11. The number of methoxy groups -OCH3 is 1. The van der Waals surface area contributed by atoms with Gasteiger partial charge in [0, 0.05) is 0 Å². The summed E-state index contributed by atoms with van der Waals surface area (Å²) in [4.78, 5) is 0. The van der Waals surface area contributed by atoms with E-state index in [-0.39, 0.29) is 11.7 Å². The molecule has 1 aliphatic carbocycles. The lowest BCUT2D eigenvalue weighted by atomic mass is 9.98. The van der Waals surface area contributed by atoms with Crippen molar-refractivity contribution < 1.29 is 20.1 Å². The number of aliphatic hydroxyl groups is 2. The molecule has 0 saturated carbocycles. The number of allylic oxidation sites excluding steroid dienone is 4. The molecule has 2 atom stereocenters. The highest BCUT2D eigenvalue weighted by molar-refractivity contribution is 5.41. The van der Waals surface area contributed by atoms with Gasteiger partial charge in [-0.25, -0.2) is 0 Å². The van der Waals surface area contributed by atoms with Crippen molar-refractivity contribution in [1.82, 2.24) is 0 Å². The highest BCUT2D eigenvalue weighted by atomic mass is 16.5. The number of aliphatic hydroxyl groups excluding tert-OH is 2. The van der Waals surface area contributed by atoms with Gasteiger partial charge in [-0.05, 0) is 61.4 Å². The molecule has 0 aromatic heterocycles. The first-order valence-corrected chi connectivity index (χ1v) is 7.88. The molecule has 0 aliphatic heterocycles. The minimum Gasteiger partial charge on any atom is -0.508 e. The first-order valence-electron chi connectivity index (χ1n) is 7.88. The van der Waals surface area contributed by atoms with Gasteiger partial charge in [-0.2, -0.15) is 0 Å². The summed E-state index contributed by atoms with van der Waals surface area (Å²) in [6.45, 7) is 0. The molecule has 0 fully saturated rings. The van der Waals surface area contributed by atoms with Gasteiger partial charge in [-0.3, -0.25) is 0 Å². The van der Waals surface area contributed by atoms with E-state index in [2.05, 4.69) is 0 Å². The zero-order chi connectivity index (χ0) is 16.7. The summed E-state index contributed by atoms with van der Waals surface area (Å²) in [5.74, 6) is 1.16. The predicted octanol–water partition coefficient (Wildman–Crippen LogP) is 3.66. The van der Waals surface area contributed by atoms with E-state index < -0.39 is 6.10 Å². The van der Waals surface area contributed by atoms with Gasteiger partial charge in [0.1, 0.15) is 5.76 Å². The van der Waals surface area contributed by atoms with Crippen LogP contribution >= 0.6 is 0 Å². The van der Waals surface area contributed by atoms with Crippen molar-refractivity contribution in [2.45, 2.75) is 31.8 Å². The quantitative estimate of drug-likeness (QED) is 0.671. The third kappa shape index (κ3) is 5.49. The Hall–Kier alpha value is -2.20. The summed E-state index contributed by atoms with van der Waals surface area (Å²) in [5, 5.41) is 28.8. The fourth-order valence-corrected chi connectivity index (χ4v) is 2.53. The van der Waals surface area contributed by atoms with Crippen LogP contribution in [0.3, 0.4) is 0 Å². The Balaban J connectivity index is 1.74. The molecule has 3 N–H and O–H groups in total. The van der Waals surface area contributed by atoms with Crippen LogP contribution < -0.4 is 4.74 Å². The number of ether oxygens (including phenoxy) is 1. The minimum absolute atomic E-state index is 0.139. The van der Waals surface area contributed by atoms with E-state index in [9.17, 15) is 15.3 Å². The van der Waals surface area contributed by atoms with Crippen LogP contribution in [0.15, 0.2) is 54.3 Å². The average molecular weight is 316 g/mol. The summed E-state index contributed by atoms with van der Waals surface area (Å²) in [6.07, 6.45) is 11.8. The number of rotatable bonds is 7. The largest absolute Gasteiger partial charge is 0.508 e. The molecule has 2 unspecified atom stereocenters. The molecule has 1 aromatic carbocycles. The van der Waals surface area contributed by atoms with Crippen molar-refractivity contribution in [1.29, 1.82) is 0 Å². The normalized spacial score (nSPS) is 18.9. The summed E-state index contributed by atoms with van der Waals surface area (Å²) >= 11 is 0. The molecule has 0 amide bonds. The maximum absolute atomic E-state index is 10.0. The third-order valence-corrected chi connectivity index (χ3v) is 3.90. The smallest absolute Gasteiger partial charge is 0.160 e. The van der Waals surface area contributed by atoms with Gasteiger partial charge in [-0.15, -0.1) is 0 Å². The van der Waals surface area contributed by atoms with Crippen LogP contribution in [0.2, 0.25) is 0 Å². The fourth-order valence-electron chi connectivity index (χ4n) is 2.53. The van der Waals surface area contributed by atoms with Crippen molar-refractivity contribution in [2.75, 3.05) is 7.11 Å². The number of aromatic hydroxyl groups is 1. The molecule has 0 saturated heterocycles. The predicted molar refractivity (Wildman–Crippen MR) is 90.7 cm³/mol. The maximum atomic E-state index is 10.0. The Kier molecular flexibility index (Phi) is 6.29. The monoisotopic (exact) mass is 316 g/mol. The zero-order valence-corrected chi connectivity index (χ0v) is 13.4. The van der Waals surface area contributed by atoms with E-state index >= 15 is 0 Å². The number of aryl methyl sites for hydroxylation is 1. The van der Waals surface area contributed by atoms with Crippen LogP contribution in [-0.2, 0) is 6.42 Å². The van der Waals surface area contributed by atoms with Crippen LogP contribution in [0.25, 0.3) is 0 Å². The second-order valence-electron chi connectivity index (χ2n) is 5.74. The Morgan fingerprint density at radius 2 is 2.17 bits per heavy atom. The molecule has 23 heavy (non-hydrogen) atoms. The van der Waals surface area contributed by atoms with Crippen LogP contribution in [0.1, 0.15) is 24.8 Å². The summed E-state index contributed by atoms with van der Waals surface area (Å²) < 4.78 is 5.09. The standard InChI is InChI=1S/C19H24O4/c1-23-19-13-15(8-12-18(19)22)3-2-4-16(20)9-5-14-6-10-17(21)11-7-14/h5-6,8-14,16,20-22H,2-4,7H2,1H3. The van der Waals surface area contributed by atoms with Crippen molar-refractivity contribution in [2.24, 2.45) is 5.92 Å². The zero-order valence-electron chi connectivity index (χ0n) is 13.4. The first kappa shape index (κ1) is 17.2. The number of hydrogen-bond donors (Lipinski definition) is 3. The van der Waals surface area contributed by atoms with Crippen LogP contribution in [0.4, 0.5) is 0 Å². The van der Waals surface area contributed by atoms with E-state index in [0.717, 1.165) is 24.8 Å². The SMILES string of the molecule is COc1cc(CCCC(O)C=CC2C=CC(O)=CC2)ccc1O. The lowest BCUT2D eigenvalue weighted by Crippen LogP contribution is -2.04. The molecule has 4 heteroatoms. The van der Waals surface area contributed by atoms with Gasteiger partial charge in [0.05, 0.1) is 13.2 Å². The van der Waals surface area contributed by atoms with E-state index in [0.29, 0.717) is 17.9 Å². The molecule has 124 valence electrons.